The minimum absolute atomic E-state index is 0.0181. The maximum absolute atomic E-state index is 6.58. The Morgan fingerprint density at radius 2 is 1.60 bits per heavy atom. The lowest BCUT2D eigenvalue weighted by Gasteiger charge is -2.20. The lowest BCUT2D eigenvalue weighted by Crippen LogP contribution is -2.15. The molecule has 108 valence electrons. The number of benzene rings is 1. The third-order valence-corrected chi connectivity index (χ3v) is 5.04. The van der Waals surface area contributed by atoms with Crippen molar-refractivity contribution in [3.05, 3.63) is 56.3 Å². The maximum Gasteiger partial charge on any atom is 0.0651 e. The third-order valence-electron chi connectivity index (χ3n) is 3.96. The van der Waals surface area contributed by atoms with Crippen molar-refractivity contribution in [2.75, 3.05) is 0 Å². The SMILES string of the molecule is CCc1cc(CC)c(C(N)c2ccc(C)s2)c(CC)c1. The number of hydrogen-bond donors (Lipinski definition) is 1. The number of nitrogens with two attached hydrogens (primary N) is 1. The average Bonchev–Trinajstić information content (AvgIpc) is 2.91. The lowest BCUT2D eigenvalue weighted by atomic mass is 9.89. The highest BCUT2D eigenvalue weighted by molar-refractivity contribution is 7.12. The predicted octanol–water partition coefficient (Wildman–Crippen LogP) is 4.79. The van der Waals surface area contributed by atoms with Crippen molar-refractivity contribution in [2.45, 2.75) is 53.0 Å². The molecular formula is C18H25NS. The van der Waals surface area contributed by atoms with Gasteiger partial charge in [-0.25, -0.2) is 0 Å². The quantitative estimate of drug-likeness (QED) is 0.840. The average molecular weight is 287 g/mol. The lowest BCUT2D eigenvalue weighted by molar-refractivity contribution is 0.840. The standard InChI is InChI=1S/C18H25NS/c1-5-13-10-14(6-2)17(15(7-3)11-13)18(19)16-9-8-12(4)20-16/h8-11,18H,5-7,19H2,1-4H3. The zero-order chi connectivity index (χ0) is 14.7. The minimum Gasteiger partial charge on any atom is -0.320 e. The fourth-order valence-corrected chi connectivity index (χ4v) is 3.69. The van der Waals surface area contributed by atoms with Crippen LogP contribution in [0.1, 0.15) is 58.8 Å². The van der Waals surface area contributed by atoms with E-state index >= 15 is 0 Å². The molecule has 20 heavy (non-hydrogen) atoms. The molecule has 1 unspecified atom stereocenters. The Hall–Kier alpha value is -1.12. The van der Waals surface area contributed by atoms with Crippen LogP contribution >= 0.6 is 11.3 Å². The molecule has 1 nitrogen and oxygen atoms in total. The van der Waals surface area contributed by atoms with Crippen molar-refractivity contribution >= 4 is 11.3 Å². The smallest absolute Gasteiger partial charge is 0.0651 e. The van der Waals surface area contributed by atoms with Crippen LogP contribution in [0, 0.1) is 6.92 Å². The first-order valence-corrected chi connectivity index (χ1v) is 8.38. The van der Waals surface area contributed by atoms with Crippen molar-refractivity contribution in [3.63, 3.8) is 0 Å². The van der Waals surface area contributed by atoms with Crippen LogP contribution in [-0.4, -0.2) is 0 Å². The van der Waals surface area contributed by atoms with Gasteiger partial charge in [-0.1, -0.05) is 32.9 Å². The molecular weight excluding hydrogens is 262 g/mol. The van der Waals surface area contributed by atoms with Gasteiger partial charge in [0.1, 0.15) is 0 Å². The normalized spacial score (nSPS) is 12.7. The van der Waals surface area contributed by atoms with Gasteiger partial charge in [0.05, 0.1) is 6.04 Å². The second-order valence-corrected chi connectivity index (χ2v) is 6.63. The first kappa shape index (κ1) is 15.3. The predicted molar refractivity (Wildman–Crippen MR) is 89.7 cm³/mol. The summed E-state index contributed by atoms with van der Waals surface area (Å²) in [6.45, 7) is 8.81. The fraction of sp³-hybridized carbons (Fsp3) is 0.444. The summed E-state index contributed by atoms with van der Waals surface area (Å²) in [7, 11) is 0. The van der Waals surface area contributed by atoms with E-state index in [1.165, 1.54) is 32.0 Å². The monoisotopic (exact) mass is 287 g/mol. The van der Waals surface area contributed by atoms with Crippen molar-refractivity contribution in [1.82, 2.24) is 0 Å². The van der Waals surface area contributed by atoms with Crippen LogP contribution in [0.4, 0.5) is 0 Å². The second-order valence-electron chi connectivity index (χ2n) is 5.31. The molecule has 0 aliphatic rings. The molecule has 0 saturated carbocycles. The Labute approximate surface area is 126 Å². The van der Waals surface area contributed by atoms with E-state index in [0.717, 1.165) is 19.3 Å². The summed E-state index contributed by atoms with van der Waals surface area (Å²) in [5, 5.41) is 0. The van der Waals surface area contributed by atoms with Crippen molar-refractivity contribution in [3.8, 4) is 0 Å². The van der Waals surface area contributed by atoms with Gasteiger partial charge < -0.3 is 5.73 Å². The van der Waals surface area contributed by atoms with E-state index in [4.69, 9.17) is 5.73 Å². The first-order valence-electron chi connectivity index (χ1n) is 7.57. The van der Waals surface area contributed by atoms with Gasteiger partial charge in [0.25, 0.3) is 0 Å². The summed E-state index contributed by atoms with van der Waals surface area (Å²) in [5.41, 5.74) is 12.2. The zero-order valence-electron chi connectivity index (χ0n) is 13.0. The van der Waals surface area contributed by atoms with Gasteiger partial charge in [0, 0.05) is 9.75 Å². The van der Waals surface area contributed by atoms with Crippen LogP contribution in [0.5, 0.6) is 0 Å². The van der Waals surface area contributed by atoms with Crippen LogP contribution in [0.3, 0.4) is 0 Å². The van der Waals surface area contributed by atoms with Crippen LogP contribution < -0.4 is 5.73 Å². The highest BCUT2D eigenvalue weighted by Crippen LogP contribution is 2.32. The Morgan fingerprint density at radius 1 is 1.00 bits per heavy atom. The second kappa shape index (κ2) is 6.55. The van der Waals surface area contributed by atoms with Crippen molar-refractivity contribution < 1.29 is 0 Å². The Bertz CT molecular complexity index is 558. The zero-order valence-corrected chi connectivity index (χ0v) is 13.8. The topological polar surface area (TPSA) is 26.0 Å². The Morgan fingerprint density at radius 3 is 2.00 bits per heavy atom. The van der Waals surface area contributed by atoms with E-state index in [-0.39, 0.29) is 6.04 Å². The van der Waals surface area contributed by atoms with Crippen LogP contribution in [0.2, 0.25) is 0 Å². The summed E-state index contributed by atoms with van der Waals surface area (Å²) >= 11 is 1.81. The van der Waals surface area contributed by atoms with E-state index in [0.29, 0.717) is 0 Å². The van der Waals surface area contributed by atoms with E-state index in [1.807, 2.05) is 11.3 Å². The summed E-state index contributed by atoms with van der Waals surface area (Å²) in [4.78, 5) is 2.60. The van der Waals surface area contributed by atoms with Gasteiger partial charge in [-0.2, -0.15) is 0 Å². The Balaban J connectivity index is 2.53. The van der Waals surface area contributed by atoms with Crippen LogP contribution in [0.15, 0.2) is 24.3 Å². The summed E-state index contributed by atoms with van der Waals surface area (Å²) < 4.78 is 0. The van der Waals surface area contributed by atoms with Gasteiger partial charge in [0.2, 0.25) is 0 Å². The number of thiophene rings is 1. The summed E-state index contributed by atoms with van der Waals surface area (Å²) in [6.07, 6.45) is 3.19. The highest BCUT2D eigenvalue weighted by atomic mass is 32.1. The van der Waals surface area contributed by atoms with Gasteiger partial charge >= 0.3 is 0 Å². The van der Waals surface area contributed by atoms with Gasteiger partial charge in [-0.3, -0.25) is 0 Å². The van der Waals surface area contributed by atoms with Crippen LogP contribution in [0.25, 0.3) is 0 Å². The summed E-state index contributed by atoms with van der Waals surface area (Å²) in [5.74, 6) is 0. The molecule has 0 aliphatic heterocycles. The van der Waals surface area contributed by atoms with Crippen molar-refractivity contribution in [1.29, 1.82) is 0 Å². The molecule has 2 rings (SSSR count). The molecule has 0 aliphatic carbocycles. The molecule has 0 saturated heterocycles. The molecule has 0 fully saturated rings. The number of rotatable bonds is 5. The molecule has 0 radical (unpaired) electrons. The summed E-state index contributed by atoms with van der Waals surface area (Å²) in [6, 6.07) is 9.04. The molecule has 1 atom stereocenters. The largest absolute Gasteiger partial charge is 0.320 e. The molecule has 1 heterocycles. The molecule has 0 spiro atoms. The Kier molecular flexibility index (Phi) is 5.00. The number of aryl methyl sites for hydroxylation is 4. The van der Waals surface area contributed by atoms with Gasteiger partial charge in [0.15, 0.2) is 0 Å². The molecule has 0 bridgehead atoms. The maximum atomic E-state index is 6.58. The molecule has 2 N–H and O–H groups in total. The van der Waals surface area contributed by atoms with Gasteiger partial charge in [-0.05, 0) is 60.6 Å². The van der Waals surface area contributed by atoms with E-state index in [1.54, 1.807) is 0 Å². The molecule has 2 aromatic rings. The molecule has 1 aromatic heterocycles. The fourth-order valence-electron chi connectivity index (χ4n) is 2.80. The molecule has 1 aromatic carbocycles. The van der Waals surface area contributed by atoms with Crippen molar-refractivity contribution in [2.24, 2.45) is 5.73 Å². The van der Waals surface area contributed by atoms with Gasteiger partial charge in [-0.15, -0.1) is 11.3 Å². The molecule has 0 amide bonds. The highest BCUT2D eigenvalue weighted by Gasteiger charge is 2.18. The molecule has 2 heteroatoms. The van der Waals surface area contributed by atoms with E-state index in [9.17, 15) is 0 Å². The first-order chi connectivity index (χ1) is 9.60. The third kappa shape index (κ3) is 2.97. The minimum atomic E-state index is 0.0181. The van der Waals surface area contributed by atoms with E-state index < -0.39 is 0 Å². The van der Waals surface area contributed by atoms with Crippen LogP contribution in [-0.2, 0) is 19.3 Å². The van der Waals surface area contributed by atoms with E-state index in [2.05, 4.69) is 52.0 Å². The number of hydrogen-bond acceptors (Lipinski definition) is 2.